The minimum Gasteiger partial charge on any atom is -0.398 e. The van der Waals surface area contributed by atoms with Crippen LogP contribution in [-0.2, 0) is 6.42 Å². The van der Waals surface area contributed by atoms with Crippen LogP contribution in [0, 0.1) is 11.3 Å². The van der Waals surface area contributed by atoms with Crippen molar-refractivity contribution in [2.24, 2.45) is 0 Å². The molecule has 1 aliphatic heterocycles. The van der Waals surface area contributed by atoms with Crippen molar-refractivity contribution in [2.75, 3.05) is 23.8 Å². The van der Waals surface area contributed by atoms with Gasteiger partial charge in [-0.3, -0.25) is 0 Å². The topological polar surface area (TPSA) is 73.3 Å². The van der Waals surface area contributed by atoms with Crippen molar-refractivity contribution in [1.82, 2.24) is 0 Å². The summed E-state index contributed by atoms with van der Waals surface area (Å²) in [5.74, 6) is 0. The molecule has 3 N–H and O–H groups in total. The maximum Gasteiger partial charge on any atom is 0.0670 e. The Kier molecular flexibility index (Phi) is 3.50. The number of hydrogen-bond donors (Lipinski definition) is 2. The molecule has 0 saturated carbocycles. The molecule has 1 heterocycles. The van der Waals surface area contributed by atoms with Crippen molar-refractivity contribution in [3.63, 3.8) is 0 Å². The third-order valence-corrected chi connectivity index (χ3v) is 3.32. The zero-order valence-corrected chi connectivity index (χ0v) is 9.76. The molecule has 0 aromatic heterocycles. The van der Waals surface area contributed by atoms with Crippen LogP contribution in [0.25, 0.3) is 0 Å². The number of benzene rings is 1. The van der Waals surface area contributed by atoms with Crippen LogP contribution in [-0.4, -0.2) is 24.3 Å². The molecule has 90 valence electrons. The number of nitriles is 1. The van der Waals surface area contributed by atoms with E-state index in [4.69, 9.17) is 11.0 Å². The zero-order valence-electron chi connectivity index (χ0n) is 9.76. The maximum absolute atomic E-state index is 9.31. The fraction of sp³-hybridized carbons (Fsp3) is 0.462. The highest BCUT2D eigenvalue weighted by Gasteiger charge is 2.24. The average Bonchev–Trinajstić information content (AvgIpc) is 2.80. The molecule has 17 heavy (non-hydrogen) atoms. The molecule has 1 saturated heterocycles. The van der Waals surface area contributed by atoms with Gasteiger partial charge in [-0.2, -0.15) is 5.26 Å². The number of nitrogen functional groups attached to an aromatic ring is 1. The average molecular weight is 231 g/mol. The molecule has 0 aliphatic carbocycles. The Bertz CT molecular complexity index is 439. The normalized spacial score (nSPS) is 19.3. The zero-order chi connectivity index (χ0) is 12.3. The highest BCUT2D eigenvalue weighted by atomic mass is 16.3. The van der Waals surface area contributed by atoms with Crippen molar-refractivity contribution in [3.05, 3.63) is 23.8 Å². The Balaban J connectivity index is 2.27. The van der Waals surface area contributed by atoms with E-state index in [0.717, 1.165) is 30.6 Å². The van der Waals surface area contributed by atoms with Gasteiger partial charge in [0.1, 0.15) is 0 Å². The lowest BCUT2D eigenvalue weighted by Crippen LogP contribution is -2.32. The van der Waals surface area contributed by atoms with Gasteiger partial charge in [-0.05, 0) is 36.6 Å². The molecule has 0 radical (unpaired) electrons. The molecular weight excluding hydrogens is 214 g/mol. The van der Waals surface area contributed by atoms with E-state index in [1.807, 2.05) is 18.2 Å². The Morgan fingerprint density at radius 2 is 2.35 bits per heavy atom. The largest absolute Gasteiger partial charge is 0.398 e. The van der Waals surface area contributed by atoms with Crippen LogP contribution >= 0.6 is 0 Å². The summed E-state index contributed by atoms with van der Waals surface area (Å²) < 4.78 is 0. The van der Waals surface area contributed by atoms with Crippen LogP contribution in [0.4, 0.5) is 11.4 Å². The van der Waals surface area contributed by atoms with E-state index in [-0.39, 0.29) is 12.6 Å². The van der Waals surface area contributed by atoms with Gasteiger partial charge in [-0.25, -0.2) is 0 Å². The van der Waals surface area contributed by atoms with Gasteiger partial charge in [0, 0.05) is 17.9 Å². The molecule has 4 nitrogen and oxygen atoms in total. The molecule has 2 rings (SSSR count). The second-order valence-corrected chi connectivity index (χ2v) is 4.39. The van der Waals surface area contributed by atoms with Crippen LogP contribution < -0.4 is 10.6 Å². The second-order valence-electron chi connectivity index (χ2n) is 4.39. The number of rotatable bonds is 3. The van der Waals surface area contributed by atoms with Crippen molar-refractivity contribution in [1.29, 1.82) is 5.26 Å². The summed E-state index contributed by atoms with van der Waals surface area (Å²) in [7, 11) is 0. The molecule has 1 aliphatic rings. The Labute approximate surface area is 101 Å². The minimum absolute atomic E-state index is 0.179. The molecule has 1 unspecified atom stereocenters. The Morgan fingerprint density at radius 1 is 1.53 bits per heavy atom. The van der Waals surface area contributed by atoms with E-state index < -0.39 is 0 Å². The summed E-state index contributed by atoms with van der Waals surface area (Å²) in [6.45, 7) is 1.14. The van der Waals surface area contributed by atoms with Crippen molar-refractivity contribution >= 4 is 11.4 Å². The van der Waals surface area contributed by atoms with E-state index in [1.54, 1.807) is 0 Å². The third-order valence-electron chi connectivity index (χ3n) is 3.32. The summed E-state index contributed by atoms with van der Waals surface area (Å²) in [5.41, 5.74) is 8.41. The van der Waals surface area contributed by atoms with Crippen molar-refractivity contribution < 1.29 is 5.11 Å². The Hall–Kier alpha value is -1.73. The van der Waals surface area contributed by atoms with Crippen LogP contribution in [0.3, 0.4) is 0 Å². The molecular formula is C13H17N3O. The van der Waals surface area contributed by atoms with E-state index in [1.165, 1.54) is 0 Å². The smallest absolute Gasteiger partial charge is 0.0670 e. The number of nitrogens with two attached hydrogens (primary N) is 1. The van der Waals surface area contributed by atoms with Gasteiger partial charge in [0.15, 0.2) is 0 Å². The van der Waals surface area contributed by atoms with E-state index in [9.17, 15) is 5.11 Å². The number of aliphatic hydroxyl groups excluding tert-OH is 1. The summed E-state index contributed by atoms with van der Waals surface area (Å²) in [5, 5.41) is 18.0. The summed E-state index contributed by atoms with van der Waals surface area (Å²) in [6.07, 6.45) is 2.45. The fourth-order valence-electron chi connectivity index (χ4n) is 2.37. The van der Waals surface area contributed by atoms with Gasteiger partial charge in [0.05, 0.1) is 25.1 Å². The molecule has 4 heteroatoms. The summed E-state index contributed by atoms with van der Waals surface area (Å²) in [6, 6.07) is 8.09. The van der Waals surface area contributed by atoms with Crippen molar-refractivity contribution in [3.8, 4) is 6.07 Å². The second kappa shape index (κ2) is 5.07. The lowest BCUT2D eigenvalue weighted by atomic mass is 10.1. The minimum atomic E-state index is 0.179. The van der Waals surface area contributed by atoms with Crippen LogP contribution in [0.1, 0.15) is 18.4 Å². The van der Waals surface area contributed by atoms with Gasteiger partial charge < -0.3 is 15.7 Å². The first-order valence-corrected chi connectivity index (χ1v) is 5.89. The number of aliphatic hydroxyl groups is 1. The third kappa shape index (κ3) is 2.34. The fourth-order valence-corrected chi connectivity index (χ4v) is 2.37. The number of anilines is 2. The molecule has 0 spiro atoms. The standard InChI is InChI=1S/C13H17N3O/c14-6-5-10-8-11(3-4-13(10)15)16-7-1-2-12(16)9-17/h3-4,8,12,17H,1-2,5,7,9,15H2. The van der Waals surface area contributed by atoms with E-state index >= 15 is 0 Å². The lowest BCUT2D eigenvalue weighted by Gasteiger charge is -2.26. The molecule has 1 aromatic rings. The highest BCUT2D eigenvalue weighted by molar-refractivity contribution is 5.60. The molecule has 1 atom stereocenters. The van der Waals surface area contributed by atoms with Gasteiger partial charge in [-0.1, -0.05) is 0 Å². The maximum atomic E-state index is 9.31. The summed E-state index contributed by atoms with van der Waals surface area (Å²) in [4.78, 5) is 2.19. The molecule has 1 aromatic carbocycles. The monoisotopic (exact) mass is 231 g/mol. The first-order valence-electron chi connectivity index (χ1n) is 5.89. The Morgan fingerprint density at radius 3 is 3.06 bits per heavy atom. The van der Waals surface area contributed by atoms with Gasteiger partial charge in [0.2, 0.25) is 0 Å². The highest BCUT2D eigenvalue weighted by Crippen LogP contribution is 2.28. The lowest BCUT2D eigenvalue weighted by molar-refractivity contribution is 0.266. The van der Waals surface area contributed by atoms with Gasteiger partial charge in [-0.15, -0.1) is 0 Å². The molecule has 1 fully saturated rings. The van der Waals surface area contributed by atoms with Gasteiger partial charge in [0.25, 0.3) is 0 Å². The first kappa shape index (κ1) is 11.7. The quantitative estimate of drug-likeness (QED) is 0.769. The number of hydrogen-bond acceptors (Lipinski definition) is 4. The van der Waals surface area contributed by atoms with Crippen molar-refractivity contribution in [2.45, 2.75) is 25.3 Å². The SMILES string of the molecule is N#CCc1cc(N2CCCC2CO)ccc1N. The number of nitrogens with zero attached hydrogens (tertiary/aromatic N) is 2. The molecule has 0 amide bonds. The van der Waals surface area contributed by atoms with Crippen LogP contribution in [0.15, 0.2) is 18.2 Å². The predicted octanol–water partition coefficient (Wildman–Crippen LogP) is 1.30. The van der Waals surface area contributed by atoms with Crippen LogP contribution in [0.2, 0.25) is 0 Å². The van der Waals surface area contributed by atoms with E-state index in [0.29, 0.717) is 12.1 Å². The van der Waals surface area contributed by atoms with E-state index in [2.05, 4.69) is 11.0 Å². The van der Waals surface area contributed by atoms with Crippen LogP contribution in [0.5, 0.6) is 0 Å². The summed E-state index contributed by atoms with van der Waals surface area (Å²) >= 11 is 0. The predicted molar refractivity (Wildman–Crippen MR) is 67.6 cm³/mol. The first-order chi connectivity index (χ1) is 8.26. The molecule has 0 bridgehead atoms. The van der Waals surface area contributed by atoms with Gasteiger partial charge >= 0.3 is 0 Å².